The zero-order valence-corrected chi connectivity index (χ0v) is 11.9. The Hall–Kier alpha value is -2.20. The number of thioether (sulfide) groups is 1. The van der Waals surface area contributed by atoms with E-state index in [0.717, 1.165) is 27.3 Å². The number of rotatable bonds is 3. The highest BCUT2D eigenvalue weighted by atomic mass is 32.2. The second kappa shape index (κ2) is 5.43. The molecule has 0 aliphatic carbocycles. The molecule has 0 spiro atoms. The van der Waals surface area contributed by atoms with E-state index in [0.29, 0.717) is 5.69 Å². The van der Waals surface area contributed by atoms with E-state index in [9.17, 15) is 0 Å². The molecule has 3 nitrogen and oxygen atoms in total. The number of pyridine rings is 1. The van der Waals surface area contributed by atoms with Gasteiger partial charge in [0.15, 0.2) is 0 Å². The monoisotopic (exact) mass is 282 g/mol. The van der Waals surface area contributed by atoms with Crippen molar-refractivity contribution in [3.05, 3.63) is 54.7 Å². The Balaban J connectivity index is 2.09. The lowest BCUT2D eigenvalue weighted by atomic mass is 10.2. The molecule has 3 rings (SSSR count). The van der Waals surface area contributed by atoms with Crippen molar-refractivity contribution in [2.45, 2.75) is 4.90 Å². The van der Waals surface area contributed by atoms with E-state index in [-0.39, 0.29) is 0 Å². The predicted octanol–water partition coefficient (Wildman–Crippen LogP) is 4.33. The number of hydrogen-bond donors (Lipinski definition) is 1. The lowest BCUT2D eigenvalue weighted by Gasteiger charge is -2.11. The number of fused-ring (bicyclic) bond motifs is 1. The van der Waals surface area contributed by atoms with Crippen LogP contribution in [0.2, 0.25) is 0 Å². The lowest BCUT2D eigenvalue weighted by Crippen LogP contribution is -1.92. The van der Waals surface area contributed by atoms with Crippen molar-refractivity contribution in [3.8, 4) is 11.5 Å². The first-order valence-corrected chi connectivity index (χ1v) is 7.46. The van der Waals surface area contributed by atoms with Gasteiger partial charge in [0.25, 0.3) is 0 Å². The van der Waals surface area contributed by atoms with Crippen LogP contribution >= 0.6 is 11.8 Å². The van der Waals surface area contributed by atoms with Crippen LogP contribution in [0.25, 0.3) is 10.9 Å². The summed E-state index contributed by atoms with van der Waals surface area (Å²) >= 11 is 1.66. The molecule has 3 aromatic rings. The fourth-order valence-corrected chi connectivity index (χ4v) is 2.61. The highest BCUT2D eigenvalue weighted by Crippen LogP contribution is 2.35. The van der Waals surface area contributed by atoms with Gasteiger partial charge < -0.3 is 10.5 Å². The zero-order valence-electron chi connectivity index (χ0n) is 11.0. The second-order valence-corrected chi connectivity index (χ2v) is 5.15. The van der Waals surface area contributed by atoms with Crippen molar-refractivity contribution >= 4 is 28.4 Å². The lowest BCUT2D eigenvalue weighted by molar-refractivity contribution is 0.476. The van der Waals surface area contributed by atoms with E-state index in [2.05, 4.69) is 4.98 Å². The summed E-state index contributed by atoms with van der Waals surface area (Å²) in [6.45, 7) is 0. The Labute approximate surface area is 121 Å². The Morgan fingerprint density at radius 3 is 2.70 bits per heavy atom. The molecule has 0 saturated heterocycles. The number of nitrogen functional groups attached to an aromatic ring is 1. The average molecular weight is 282 g/mol. The molecule has 0 bridgehead atoms. The molecular formula is C16H14N2OS. The number of ether oxygens (including phenoxy) is 1. The third-order valence-electron chi connectivity index (χ3n) is 3.05. The molecule has 2 N–H and O–H groups in total. The van der Waals surface area contributed by atoms with E-state index in [4.69, 9.17) is 10.5 Å². The molecule has 0 aliphatic heterocycles. The van der Waals surface area contributed by atoms with Gasteiger partial charge in [0.2, 0.25) is 0 Å². The third-order valence-corrected chi connectivity index (χ3v) is 3.83. The van der Waals surface area contributed by atoms with Crippen molar-refractivity contribution in [2.24, 2.45) is 0 Å². The molecule has 0 saturated carbocycles. The largest absolute Gasteiger partial charge is 0.455 e. The maximum absolute atomic E-state index is 6.05. The summed E-state index contributed by atoms with van der Waals surface area (Å²) in [5.74, 6) is 1.61. The predicted molar refractivity (Wildman–Crippen MR) is 84.5 cm³/mol. The third kappa shape index (κ3) is 2.30. The molecule has 2 aromatic carbocycles. The Morgan fingerprint density at radius 1 is 1.00 bits per heavy atom. The van der Waals surface area contributed by atoms with Crippen molar-refractivity contribution in [2.75, 3.05) is 12.0 Å². The summed E-state index contributed by atoms with van der Waals surface area (Å²) in [4.78, 5) is 5.41. The smallest absolute Gasteiger partial charge is 0.140 e. The second-order valence-electron chi connectivity index (χ2n) is 4.31. The number of benzene rings is 2. The molecule has 0 unspecified atom stereocenters. The molecule has 20 heavy (non-hydrogen) atoms. The SMILES string of the molecule is CSc1ccccc1Oc1ccnc2c(N)cccc12. The molecule has 100 valence electrons. The van der Waals surface area contributed by atoms with E-state index < -0.39 is 0 Å². The van der Waals surface area contributed by atoms with Crippen LogP contribution in [-0.2, 0) is 0 Å². The number of para-hydroxylation sites is 2. The highest BCUT2D eigenvalue weighted by molar-refractivity contribution is 7.98. The fraction of sp³-hybridized carbons (Fsp3) is 0.0625. The van der Waals surface area contributed by atoms with Gasteiger partial charge in [0.1, 0.15) is 11.5 Å². The van der Waals surface area contributed by atoms with Crippen LogP contribution in [0.4, 0.5) is 5.69 Å². The summed E-state index contributed by atoms with van der Waals surface area (Å²) in [7, 11) is 0. The molecule has 4 heteroatoms. The standard InChI is InChI=1S/C16H14N2OS/c1-20-15-8-3-2-7-14(15)19-13-9-10-18-16-11(13)5-4-6-12(16)17/h2-10H,17H2,1H3. The molecule has 1 aromatic heterocycles. The molecule has 0 aliphatic rings. The first-order valence-electron chi connectivity index (χ1n) is 6.23. The number of anilines is 1. The summed E-state index contributed by atoms with van der Waals surface area (Å²) in [5, 5.41) is 0.920. The van der Waals surface area contributed by atoms with Gasteiger partial charge in [-0.1, -0.05) is 18.2 Å². The normalized spacial score (nSPS) is 10.7. The van der Waals surface area contributed by atoms with Gasteiger partial charge in [-0.05, 0) is 36.6 Å². The van der Waals surface area contributed by atoms with E-state index >= 15 is 0 Å². The Kier molecular flexibility index (Phi) is 3.48. The molecule has 0 amide bonds. The molecule has 0 atom stereocenters. The first kappa shape index (κ1) is 12.8. The minimum atomic E-state index is 0.658. The maximum Gasteiger partial charge on any atom is 0.140 e. The van der Waals surface area contributed by atoms with Crippen LogP contribution in [0.1, 0.15) is 0 Å². The quantitative estimate of drug-likeness (QED) is 0.573. The van der Waals surface area contributed by atoms with Gasteiger partial charge in [0, 0.05) is 16.5 Å². The zero-order chi connectivity index (χ0) is 13.9. The first-order chi connectivity index (χ1) is 9.79. The van der Waals surface area contributed by atoms with E-state index in [1.54, 1.807) is 18.0 Å². The summed E-state index contributed by atoms with van der Waals surface area (Å²) < 4.78 is 6.05. The van der Waals surface area contributed by atoms with Gasteiger partial charge in [0.05, 0.1) is 11.2 Å². The van der Waals surface area contributed by atoms with E-state index in [1.165, 1.54) is 0 Å². The van der Waals surface area contributed by atoms with Crippen LogP contribution in [0.3, 0.4) is 0 Å². The van der Waals surface area contributed by atoms with Gasteiger partial charge in [-0.15, -0.1) is 11.8 Å². The topological polar surface area (TPSA) is 48.1 Å². The molecular weight excluding hydrogens is 268 g/mol. The Bertz CT molecular complexity index is 758. The van der Waals surface area contributed by atoms with Crippen LogP contribution in [-0.4, -0.2) is 11.2 Å². The summed E-state index contributed by atoms with van der Waals surface area (Å²) in [5.41, 5.74) is 7.38. The van der Waals surface area contributed by atoms with Gasteiger partial charge >= 0.3 is 0 Å². The maximum atomic E-state index is 6.05. The van der Waals surface area contributed by atoms with Gasteiger partial charge in [-0.2, -0.15) is 0 Å². The average Bonchev–Trinajstić information content (AvgIpc) is 2.49. The van der Waals surface area contributed by atoms with Gasteiger partial charge in [-0.3, -0.25) is 4.98 Å². The Morgan fingerprint density at radius 2 is 1.85 bits per heavy atom. The number of nitrogens with zero attached hydrogens (tertiary/aromatic N) is 1. The highest BCUT2D eigenvalue weighted by Gasteiger charge is 2.08. The van der Waals surface area contributed by atoms with Crippen LogP contribution in [0.5, 0.6) is 11.5 Å². The number of aromatic nitrogens is 1. The minimum absolute atomic E-state index is 0.658. The number of nitrogens with two attached hydrogens (primary N) is 1. The van der Waals surface area contributed by atoms with Crippen LogP contribution in [0, 0.1) is 0 Å². The summed E-state index contributed by atoms with van der Waals surface area (Å²) in [6.07, 6.45) is 3.75. The van der Waals surface area contributed by atoms with Crippen molar-refractivity contribution < 1.29 is 4.74 Å². The fourth-order valence-electron chi connectivity index (χ4n) is 2.08. The minimum Gasteiger partial charge on any atom is -0.455 e. The molecule has 0 radical (unpaired) electrons. The van der Waals surface area contributed by atoms with Crippen molar-refractivity contribution in [3.63, 3.8) is 0 Å². The van der Waals surface area contributed by atoms with Gasteiger partial charge in [-0.25, -0.2) is 0 Å². The van der Waals surface area contributed by atoms with Crippen molar-refractivity contribution in [1.29, 1.82) is 0 Å². The van der Waals surface area contributed by atoms with Crippen molar-refractivity contribution in [1.82, 2.24) is 4.98 Å². The van der Waals surface area contributed by atoms with Crippen LogP contribution < -0.4 is 10.5 Å². The summed E-state index contributed by atoms with van der Waals surface area (Å²) in [6, 6.07) is 15.5. The van der Waals surface area contributed by atoms with Crippen LogP contribution in [0.15, 0.2) is 59.6 Å². The molecule has 1 heterocycles. The molecule has 0 fully saturated rings. The number of hydrogen-bond acceptors (Lipinski definition) is 4. The van der Waals surface area contributed by atoms with E-state index in [1.807, 2.05) is 54.8 Å².